The molecule has 1 saturated heterocycles. The minimum Gasteiger partial charge on any atom is -0.494 e. The number of aliphatic carboxylic acids is 1. The van der Waals surface area contributed by atoms with Crippen molar-refractivity contribution < 1.29 is 24.2 Å². The molecule has 1 aliphatic heterocycles. The second-order valence-corrected chi connectivity index (χ2v) is 15.8. The van der Waals surface area contributed by atoms with Gasteiger partial charge in [0.2, 0.25) is 0 Å². The fourth-order valence-electron chi connectivity index (χ4n) is 7.21. The van der Waals surface area contributed by atoms with E-state index in [0.717, 1.165) is 81.5 Å². The maximum atomic E-state index is 13.2. The van der Waals surface area contributed by atoms with Crippen LogP contribution in [0.1, 0.15) is 92.2 Å². The third-order valence-electron chi connectivity index (χ3n) is 9.41. The lowest BCUT2D eigenvalue weighted by Crippen LogP contribution is -2.46. The fourth-order valence-corrected chi connectivity index (χ4v) is 7.63. The van der Waals surface area contributed by atoms with Crippen molar-refractivity contribution in [2.45, 2.75) is 92.2 Å². The monoisotopic (exact) mass is 729 g/mol. The number of carbonyl (C=O) groups excluding carboxylic acids is 1. The zero-order chi connectivity index (χ0) is 36.5. The smallest absolute Gasteiger partial charge is 0.367 e. The highest BCUT2D eigenvalue weighted by molar-refractivity contribution is 6.43. The Bertz CT molecular complexity index is 1670. The molecule has 3 aromatic rings. The number of pyridine rings is 1. The highest BCUT2D eigenvalue weighted by atomic mass is 35.5. The first kappa shape index (κ1) is 39.5. The number of aromatic nitrogens is 1. The Morgan fingerprint density at radius 1 is 0.920 bits per heavy atom. The van der Waals surface area contributed by atoms with Crippen LogP contribution in [0, 0.1) is 10.8 Å². The van der Waals surface area contributed by atoms with Crippen molar-refractivity contribution >= 4 is 51.7 Å². The zero-order valence-corrected chi connectivity index (χ0v) is 31.7. The van der Waals surface area contributed by atoms with Crippen molar-refractivity contribution in [1.82, 2.24) is 9.47 Å². The molecule has 1 aliphatic rings. The number of nitrogens with zero attached hydrogens (tertiary/aromatic N) is 3. The molecule has 50 heavy (non-hydrogen) atoms. The van der Waals surface area contributed by atoms with Crippen LogP contribution >= 0.6 is 23.2 Å². The molecule has 0 radical (unpaired) electrons. The number of piperazine rings is 1. The van der Waals surface area contributed by atoms with Crippen molar-refractivity contribution in [3.05, 3.63) is 68.9 Å². The average Bonchev–Trinajstić information content (AvgIpc) is 3.04. The number of ether oxygens (including phenoxy) is 2. The predicted molar refractivity (Wildman–Crippen MR) is 202 cm³/mol. The van der Waals surface area contributed by atoms with Crippen LogP contribution in [0.15, 0.2) is 53.3 Å². The van der Waals surface area contributed by atoms with Crippen molar-refractivity contribution in [3.8, 4) is 5.75 Å². The van der Waals surface area contributed by atoms with Crippen LogP contribution in [0.5, 0.6) is 5.75 Å². The summed E-state index contributed by atoms with van der Waals surface area (Å²) in [6.07, 6.45) is 5.26. The van der Waals surface area contributed by atoms with E-state index in [0.29, 0.717) is 33.3 Å². The summed E-state index contributed by atoms with van der Waals surface area (Å²) in [5.41, 5.74) is 0.322. The molecule has 4 rings (SSSR count). The lowest BCUT2D eigenvalue weighted by molar-refractivity contribution is -0.172. The molecule has 1 unspecified atom stereocenters. The SMILES string of the molecule is CCCCCC(C)(C)CC(C)(C)CC(=O)OC(C(=O)O)n1c(=O)ccc2ccc(OCCCCN3CCN(c4cccc(Cl)c4Cl)CC3)cc21. The summed E-state index contributed by atoms with van der Waals surface area (Å²) < 4.78 is 12.6. The number of fused-ring (bicyclic) bond motifs is 1. The largest absolute Gasteiger partial charge is 0.494 e. The molecule has 9 nitrogen and oxygen atoms in total. The van der Waals surface area contributed by atoms with Crippen LogP contribution in [0.2, 0.25) is 10.0 Å². The Hall–Kier alpha value is -3.27. The molecule has 0 amide bonds. The molecule has 274 valence electrons. The Morgan fingerprint density at radius 3 is 2.34 bits per heavy atom. The van der Waals surface area contributed by atoms with Crippen LogP contribution in [-0.4, -0.2) is 65.8 Å². The van der Waals surface area contributed by atoms with E-state index in [2.05, 4.69) is 30.6 Å². The van der Waals surface area contributed by atoms with Gasteiger partial charge in [-0.2, -0.15) is 0 Å². The van der Waals surface area contributed by atoms with E-state index in [-0.39, 0.29) is 11.8 Å². The maximum absolute atomic E-state index is 13.2. The van der Waals surface area contributed by atoms with Crippen LogP contribution in [0.3, 0.4) is 0 Å². The second kappa shape index (κ2) is 17.8. The number of rotatable bonds is 18. The Morgan fingerprint density at radius 2 is 1.64 bits per heavy atom. The first-order valence-electron chi connectivity index (χ1n) is 17.8. The number of halogens is 2. The molecule has 11 heteroatoms. The second-order valence-electron chi connectivity index (χ2n) is 15.0. The molecule has 0 spiro atoms. The lowest BCUT2D eigenvalue weighted by atomic mass is 9.71. The van der Waals surface area contributed by atoms with Gasteiger partial charge in [-0.05, 0) is 78.8 Å². The summed E-state index contributed by atoms with van der Waals surface area (Å²) in [5.74, 6) is -1.57. The van der Waals surface area contributed by atoms with Gasteiger partial charge >= 0.3 is 11.9 Å². The topological polar surface area (TPSA) is 101 Å². The highest BCUT2D eigenvalue weighted by Gasteiger charge is 2.34. The van der Waals surface area contributed by atoms with Gasteiger partial charge in [-0.3, -0.25) is 19.1 Å². The van der Waals surface area contributed by atoms with Gasteiger partial charge in [0.25, 0.3) is 11.8 Å². The minimum absolute atomic E-state index is 0.0248. The maximum Gasteiger partial charge on any atom is 0.367 e. The number of carboxylic acid groups (broad SMARTS) is 1. The number of benzene rings is 2. The molecular formula is C39H53Cl2N3O6. The predicted octanol–water partition coefficient (Wildman–Crippen LogP) is 8.83. The van der Waals surface area contributed by atoms with E-state index < -0.39 is 29.1 Å². The van der Waals surface area contributed by atoms with E-state index in [4.69, 9.17) is 32.7 Å². The lowest BCUT2D eigenvalue weighted by Gasteiger charge is -2.36. The minimum atomic E-state index is -1.81. The van der Waals surface area contributed by atoms with E-state index in [9.17, 15) is 19.5 Å². The zero-order valence-electron chi connectivity index (χ0n) is 30.2. The first-order valence-corrected chi connectivity index (χ1v) is 18.6. The standard InChI is InChI=1S/C39H53Cl2N3O6/c1-6-7-8-18-38(2,3)27-39(4,5)26-34(46)50-36(37(47)48)44-32-25-29(16-14-28(32)15-17-33(44)45)49-24-10-9-19-42-20-22-43(23-21-42)31-13-11-12-30(40)35(31)41/h11-17,25,36H,6-10,18-24,26-27H2,1-5H3,(H,47,48). The number of anilines is 1. The van der Waals surface area contributed by atoms with Crippen molar-refractivity contribution in [2.24, 2.45) is 10.8 Å². The third-order valence-corrected chi connectivity index (χ3v) is 10.2. The molecule has 2 aromatic carbocycles. The molecule has 1 N–H and O–H groups in total. The number of carboxylic acids is 1. The average molecular weight is 731 g/mol. The molecule has 0 bridgehead atoms. The van der Waals surface area contributed by atoms with Gasteiger partial charge in [0, 0.05) is 38.3 Å². The molecule has 1 aromatic heterocycles. The Labute approximate surface area is 306 Å². The van der Waals surface area contributed by atoms with Crippen LogP contribution < -0.4 is 15.2 Å². The fraction of sp³-hybridized carbons (Fsp3) is 0.564. The molecule has 0 saturated carbocycles. The van der Waals surface area contributed by atoms with Gasteiger partial charge in [-0.15, -0.1) is 0 Å². The molecule has 0 aliphatic carbocycles. The molecular weight excluding hydrogens is 677 g/mol. The Kier molecular flexibility index (Phi) is 14.1. The van der Waals surface area contributed by atoms with Gasteiger partial charge in [0.1, 0.15) is 5.75 Å². The van der Waals surface area contributed by atoms with E-state index in [1.165, 1.54) is 12.5 Å². The normalized spacial score (nSPS) is 14.9. The number of carbonyl (C=O) groups is 2. The molecule has 1 fully saturated rings. The highest BCUT2D eigenvalue weighted by Crippen LogP contribution is 2.40. The summed E-state index contributed by atoms with van der Waals surface area (Å²) in [7, 11) is 0. The number of hydrogen-bond acceptors (Lipinski definition) is 7. The molecule has 2 heterocycles. The number of unbranched alkanes of at least 4 members (excludes halogenated alkanes) is 3. The summed E-state index contributed by atoms with van der Waals surface area (Å²) in [6, 6.07) is 13.8. The van der Waals surface area contributed by atoms with E-state index in [1.54, 1.807) is 30.3 Å². The van der Waals surface area contributed by atoms with E-state index >= 15 is 0 Å². The number of hydrogen-bond donors (Lipinski definition) is 1. The van der Waals surface area contributed by atoms with Crippen LogP contribution in [-0.2, 0) is 14.3 Å². The van der Waals surface area contributed by atoms with Gasteiger partial charge in [0.05, 0.1) is 34.3 Å². The third kappa shape index (κ3) is 11.1. The van der Waals surface area contributed by atoms with Crippen molar-refractivity contribution in [1.29, 1.82) is 0 Å². The summed E-state index contributed by atoms with van der Waals surface area (Å²) in [5, 5.41) is 11.9. The quantitative estimate of drug-likeness (QED) is 0.102. The van der Waals surface area contributed by atoms with Gasteiger partial charge in [-0.1, -0.05) is 83.1 Å². The van der Waals surface area contributed by atoms with Crippen molar-refractivity contribution in [3.63, 3.8) is 0 Å². The van der Waals surface area contributed by atoms with Crippen molar-refractivity contribution in [2.75, 3.05) is 44.2 Å². The number of esters is 1. The van der Waals surface area contributed by atoms with Gasteiger partial charge < -0.3 is 19.5 Å². The van der Waals surface area contributed by atoms with Gasteiger partial charge in [0.15, 0.2) is 0 Å². The van der Waals surface area contributed by atoms with Crippen LogP contribution in [0.25, 0.3) is 10.9 Å². The van der Waals surface area contributed by atoms with Gasteiger partial charge in [-0.25, -0.2) is 4.79 Å². The van der Waals surface area contributed by atoms with Crippen LogP contribution in [0.4, 0.5) is 5.69 Å². The Balaban J connectivity index is 1.33. The first-order chi connectivity index (χ1) is 23.7. The summed E-state index contributed by atoms with van der Waals surface area (Å²) >= 11 is 12.6. The molecule has 1 atom stereocenters. The van der Waals surface area contributed by atoms with E-state index in [1.807, 2.05) is 26.0 Å². The summed E-state index contributed by atoms with van der Waals surface area (Å²) in [4.78, 5) is 43.4. The summed E-state index contributed by atoms with van der Waals surface area (Å²) in [6.45, 7) is 15.6.